The molecule has 0 aliphatic heterocycles. The van der Waals surface area contributed by atoms with Gasteiger partial charge < -0.3 is 4.42 Å². The first-order chi connectivity index (χ1) is 20.3. The van der Waals surface area contributed by atoms with Crippen LogP contribution < -0.4 is 0 Å². The topological polar surface area (TPSA) is 51.8 Å². The first kappa shape index (κ1) is 23.3. The maximum absolute atomic E-state index is 5.49. The van der Waals surface area contributed by atoms with Gasteiger partial charge in [-0.3, -0.25) is 0 Å². The number of fused-ring (bicyclic) bond motifs is 3. The summed E-state index contributed by atoms with van der Waals surface area (Å²) in [6.45, 7) is 0. The van der Waals surface area contributed by atoms with E-state index >= 15 is 0 Å². The van der Waals surface area contributed by atoms with E-state index < -0.39 is 0 Å². The van der Waals surface area contributed by atoms with Gasteiger partial charge in [0, 0.05) is 16.5 Å². The van der Waals surface area contributed by atoms with Crippen LogP contribution in [-0.4, -0.2) is 15.0 Å². The number of oxazole rings is 1. The third-order valence-corrected chi connectivity index (χ3v) is 7.65. The van der Waals surface area contributed by atoms with Gasteiger partial charge in [0.15, 0.2) is 17.8 Å². The highest BCUT2D eigenvalue weighted by Gasteiger charge is 2.15. The lowest BCUT2D eigenvalue weighted by molar-refractivity contribution is 0.602. The molecular formula is C37H23N3O. The second-order valence-corrected chi connectivity index (χ2v) is 10.1. The van der Waals surface area contributed by atoms with Gasteiger partial charge in [-0.05, 0) is 51.2 Å². The minimum atomic E-state index is 0.725. The number of hydrogen-bond donors (Lipinski definition) is 0. The lowest BCUT2D eigenvalue weighted by Gasteiger charge is -2.15. The lowest BCUT2D eigenvalue weighted by atomic mass is 9.89. The largest absolute Gasteiger partial charge is 0.443 e. The Morgan fingerprint density at radius 3 is 2.10 bits per heavy atom. The molecule has 41 heavy (non-hydrogen) atoms. The molecule has 8 rings (SSSR count). The van der Waals surface area contributed by atoms with Crippen LogP contribution in [0.1, 0.15) is 0 Å². The zero-order valence-corrected chi connectivity index (χ0v) is 22.0. The fraction of sp³-hybridized carbons (Fsp3) is 0. The van der Waals surface area contributed by atoms with Crippen molar-refractivity contribution < 1.29 is 4.42 Å². The monoisotopic (exact) mass is 525 g/mol. The van der Waals surface area contributed by atoms with Gasteiger partial charge in [0.05, 0.1) is 11.2 Å². The Kier molecular flexibility index (Phi) is 5.42. The van der Waals surface area contributed by atoms with Crippen LogP contribution in [0.2, 0.25) is 0 Å². The van der Waals surface area contributed by atoms with Gasteiger partial charge in [0.2, 0.25) is 0 Å². The Hall–Kier alpha value is -5.61. The number of nitrogens with zero attached hydrogens (tertiary/aromatic N) is 3. The van der Waals surface area contributed by atoms with Crippen molar-refractivity contribution in [3.8, 4) is 44.9 Å². The van der Waals surface area contributed by atoms with Gasteiger partial charge in [-0.25, -0.2) is 15.0 Å². The summed E-state index contributed by atoms with van der Waals surface area (Å²) in [5, 5.41) is 3.44. The van der Waals surface area contributed by atoms with E-state index in [4.69, 9.17) is 14.4 Å². The van der Waals surface area contributed by atoms with Crippen LogP contribution in [0.4, 0.5) is 0 Å². The molecule has 0 aliphatic rings. The lowest BCUT2D eigenvalue weighted by Crippen LogP contribution is -1.95. The van der Waals surface area contributed by atoms with Crippen LogP contribution in [0, 0.1) is 0 Å². The molecule has 0 saturated carbocycles. The van der Waals surface area contributed by atoms with E-state index in [2.05, 4.69) is 102 Å². The molecule has 0 saturated heterocycles. The molecule has 0 aliphatic carbocycles. The number of rotatable bonds is 4. The third-order valence-electron chi connectivity index (χ3n) is 7.65. The van der Waals surface area contributed by atoms with Crippen LogP contribution >= 0.6 is 0 Å². The molecule has 0 N–H and O–H groups in total. The molecule has 6 aromatic carbocycles. The molecule has 8 aromatic rings. The molecule has 2 aromatic heterocycles. The summed E-state index contributed by atoms with van der Waals surface area (Å²) in [5.41, 5.74) is 10.1. The smallest absolute Gasteiger partial charge is 0.181 e. The number of benzene rings is 6. The molecule has 0 fully saturated rings. The SMILES string of the molecule is c1ccc(-c2nc(-c3ccc(-c4c(-c5ccc6ocnc6c5)ccc5ccccc45)cc3)c3ccccc3n2)cc1. The maximum Gasteiger partial charge on any atom is 0.181 e. The van der Waals surface area contributed by atoms with Gasteiger partial charge in [-0.1, -0.05) is 115 Å². The van der Waals surface area contributed by atoms with E-state index in [0.29, 0.717) is 0 Å². The summed E-state index contributed by atoms with van der Waals surface area (Å²) < 4.78 is 5.49. The Morgan fingerprint density at radius 1 is 0.488 bits per heavy atom. The predicted octanol–water partition coefficient (Wildman–Crippen LogP) is 9.59. The fourth-order valence-electron chi connectivity index (χ4n) is 5.66. The Bertz CT molecular complexity index is 2200. The molecule has 0 bridgehead atoms. The summed E-state index contributed by atoms with van der Waals surface area (Å²) >= 11 is 0. The van der Waals surface area contributed by atoms with Crippen molar-refractivity contribution in [2.45, 2.75) is 0 Å². The van der Waals surface area contributed by atoms with E-state index in [0.717, 1.165) is 61.3 Å². The van der Waals surface area contributed by atoms with Gasteiger partial charge in [0.25, 0.3) is 0 Å². The summed E-state index contributed by atoms with van der Waals surface area (Å²) in [7, 11) is 0. The maximum atomic E-state index is 5.49. The van der Waals surface area contributed by atoms with E-state index in [1.165, 1.54) is 22.7 Å². The van der Waals surface area contributed by atoms with Crippen molar-refractivity contribution in [2.24, 2.45) is 0 Å². The Morgan fingerprint density at radius 2 is 1.22 bits per heavy atom. The van der Waals surface area contributed by atoms with Gasteiger partial charge in [0.1, 0.15) is 5.52 Å². The van der Waals surface area contributed by atoms with Crippen molar-refractivity contribution in [3.05, 3.63) is 140 Å². The summed E-state index contributed by atoms with van der Waals surface area (Å²) in [5.74, 6) is 0.725. The van der Waals surface area contributed by atoms with E-state index in [-0.39, 0.29) is 0 Å². The van der Waals surface area contributed by atoms with Crippen LogP contribution in [0.5, 0.6) is 0 Å². The average Bonchev–Trinajstić information content (AvgIpc) is 3.52. The molecule has 4 nitrogen and oxygen atoms in total. The zero-order valence-electron chi connectivity index (χ0n) is 22.0. The normalized spacial score (nSPS) is 11.4. The van der Waals surface area contributed by atoms with E-state index in [1.807, 2.05) is 36.4 Å². The summed E-state index contributed by atoms with van der Waals surface area (Å²) in [6, 6.07) is 46.2. The number of hydrogen-bond acceptors (Lipinski definition) is 4. The molecule has 0 amide bonds. The number of aromatic nitrogens is 3. The molecule has 192 valence electrons. The molecule has 2 heterocycles. The minimum Gasteiger partial charge on any atom is -0.443 e. The quantitative estimate of drug-likeness (QED) is 0.230. The van der Waals surface area contributed by atoms with Crippen LogP contribution in [0.3, 0.4) is 0 Å². The van der Waals surface area contributed by atoms with Crippen molar-refractivity contribution in [1.29, 1.82) is 0 Å². The third kappa shape index (κ3) is 4.05. The average molecular weight is 526 g/mol. The Labute approximate surface area is 236 Å². The second kappa shape index (κ2) is 9.54. The highest BCUT2D eigenvalue weighted by atomic mass is 16.3. The Balaban J connectivity index is 1.30. The first-order valence-corrected chi connectivity index (χ1v) is 13.6. The predicted molar refractivity (Wildman–Crippen MR) is 166 cm³/mol. The van der Waals surface area contributed by atoms with Crippen molar-refractivity contribution >= 4 is 32.8 Å². The van der Waals surface area contributed by atoms with Crippen LogP contribution in [0.25, 0.3) is 77.7 Å². The van der Waals surface area contributed by atoms with Gasteiger partial charge in [-0.2, -0.15) is 0 Å². The molecule has 4 heteroatoms. The van der Waals surface area contributed by atoms with Crippen molar-refractivity contribution in [1.82, 2.24) is 15.0 Å². The highest BCUT2D eigenvalue weighted by molar-refractivity contribution is 6.05. The van der Waals surface area contributed by atoms with Gasteiger partial charge in [-0.15, -0.1) is 0 Å². The zero-order chi connectivity index (χ0) is 27.2. The van der Waals surface area contributed by atoms with E-state index in [9.17, 15) is 0 Å². The van der Waals surface area contributed by atoms with Gasteiger partial charge >= 0.3 is 0 Å². The summed E-state index contributed by atoms with van der Waals surface area (Å²) in [6.07, 6.45) is 1.49. The van der Waals surface area contributed by atoms with Crippen molar-refractivity contribution in [3.63, 3.8) is 0 Å². The molecule has 0 spiro atoms. The first-order valence-electron chi connectivity index (χ1n) is 13.6. The molecular weight excluding hydrogens is 502 g/mol. The minimum absolute atomic E-state index is 0.725. The van der Waals surface area contributed by atoms with Crippen molar-refractivity contribution in [2.75, 3.05) is 0 Å². The highest BCUT2D eigenvalue weighted by Crippen LogP contribution is 2.40. The fourth-order valence-corrected chi connectivity index (χ4v) is 5.66. The molecule has 0 unspecified atom stereocenters. The molecule has 0 radical (unpaired) electrons. The van der Waals surface area contributed by atoms with Crippen LogP contribution in [0.15, 0.2) is 144 Å². The molecule has 0 atom stereocenters. The number of para-hydroxylation sites is 1. The standard InChI is InChI=1S/C37H23N3O/c1-2-9-27(10-3-1)37-39-32-13-7-6-12-31(32)36(40-37)26-16-14-25(15-17-26)35-29-11-5-4-8-24(29)18-20-30(35)28-19-21-34-33(22-28)38-23-41-34/h1-23H. The second-order valence-electron chi connectivity index (χ2n) is 10.1. The van der Waals surface area contributed by atoms with Crippen LogP contribution in [-0.2, 0) is 0 Å². The van der Waals surface area contributed by atoms with E-state index in [1.54, 1.807) is 0 Å². The summed E-state index contributed by atoms with van der Waals surface area (Å²) in [4.78, 5) is 14.3.